The highest BCUT2D eigenvalue weighted by Crippen LogP contribution is 2.32. The van der Waals surface area contributed by atoms with E-state index in [-0.39, 0.29) is 23.3 Å². The molecule has 4 nitrogen and oxygen atoms in total. The molecule has 0 aromatic heterocycles. The van der Waals surface area contributed by atoms with Crippen LogP contribution in [-0.2, 0) is 19.1 Å². The topological polar surface area (TPSA) is 52.6 Å². The maximum atomic E-state index is 11.6. The lowest BCUT2D eigenvalue weighted by Crippen LogP contribution is -2.31. The van der Waals surface area contributed by atoms with Crippen molar-refractivity contribution in [2.24, 2.45) is 11.3 Å². The molecule has 0 aliphatic rings. The molecule has 0 aromatic rings. The van der Waals surface area contributed by atoms with Crippen LogP contribution in [0, 0.1) is 11.3 Å². The van der Waals surface area contributed by atoms with Crippen LogP contribution < -0.4 is 0 Å². The molecule has 0 radical (unpaired) electrons. The molecular weight excluding hydrogens is 220 g/mol. The third-order valence-corrected chi connectivity index (χ3v) is 3.09. The second-order valence-electron chi connectivity index (χ2n) is 4.77. The Morgan fingerprint density at radius 3 is 2.12 bits per heavy atom. The van der Waals surface area contributed by atoms with Crippen LogP contribution in [0.5, 0.6) is 0 Å². The molecule has 0 saturated heterocycles. The smallest absolute Gasteiger partial charge is 0.309 e. The first-order valence-electron chi connectivity index (χ1n) is 6.17. The van der Waals surface area contributed by atoms with Crippen molar-refractivity contribution in [2.75, 3.05) is 13.2 Å². The van der Waals surface area contributed by atoms with Crippen LogP contribution in [0.15, 0.2) is 0 Å². The standard InChI is InChI=1S/C13H24O4/c1-6-16-11(14)8-9-13(4,5)10(3)12(15)17-7-2/h10H,6-9H2,1-5H3. The molecule has 0 bridgehead atoms. The number of esters is 2. The quantitative estimate of drug-likeness (QED) is 0.646. The van der Waals surface area contributed by atoms with Crippen molar-refractivity contribution in [3.05, 3.63) is 0 Å². The van der Waals surface area contributed by atoms with Crippen molar-refractivity contribution in [1.82, 2.24) is 0 Å². The Kier molecular flexibility index (Phi) is 6.85. The van der Waals surface area contributed by atoms with Crippen molar-refractivity contribution >= 4 is 11.9 Å². The highest BCUT2D eigenvalue weighted by atomic mass is 16.5. The van der Waals surface area contributed by atoms with E-state index in [1.54, 1.807) is 13.8 Å². The van der Waals surface area contributed by atoms with Crippen molar-refractivity contribution in [1.29, 1.82) is 0 Å². The number of hydrogen-bond donors (Lipinski definition) is 0. The molecule has 100 valence electrons. The van der Waals surface area contributed by atoms with Crippen LogP contribution >= 0.6 is 0 Å². The summed E-state index contributed by atoms with van der Waals surface area (Å²) in [5, 5.41) is 0. The van der Waals surface area contributed by atoms with Crippen molar-refractivity contribution in [2.45, 2.75) is 47.5 Å². The van der Waals surface area contributed by atoms with E-state index < -0.39 is 0 Å². The van der Waals surface area contributed by atoms with E-state index in [9.17, 15) is 9.59 Å². The maximum absolute atomic E-state index is 11.6. The van der Waals surface area contributed by atoms with Crippen LogP contribution in [-0.4, -0.2) is 25.2 Å². The molecule has 0 amide bonds. The SMILES string of the molecule is CCOC(=O)CCC(C)(C)C(C)C(=O)OCC. The zero-order valence-electron chi connectivity index (χ0n) is 11.5. The van der Waals surface area contributed by atoms with E-state index in [0.717, 1.165) is 0 Å². The highest BCUT2D eigenvalue weighted by molar-refractivity contribution is 5.73. The monoisotopic (exact) mass is 244 g/mol. The van der Waals surface area contributed by atoms with Crippen molar-refractivity contribution in [3.8, 4) is 0 Å². The fourth-order valence-electron chi connectivity index (χ4n) is 1.46. The number of carbonyl (C=O) groups is 2. The van der Waals surface area contributed by atoms with E-state index in [1.807, 2.05) is 20.8 Å². The normalized spacial score (nSPS) is 13.0. The van der Waals surface area contributed by atoms with Gasteiger partial charge in [0.25, 0.3) is 0 Å². The summed E-state index contributed by atoms with van der Waals surface area (Å²) >= 11 is 0. The van der Waals surface area contributed by atoms with Gasteiger partial charge in [-0.1, -0.05) is 20.8 Å². The zero-order chi connectivity index (χ0) is 13.5. The summed E-state index contributed by atoms with van der Waals surface area (Å²) in [5.74, 6) is -0.644. The van der Waals surface area contributed by atoms with Crippen LogP contribution in [0.4, 0.5) is 0 Å². The molecule has 0 rings (SSSR count). The van der Waals surface area contributed by atoms with E-state index in [0.29, 0.717) is 26.1 Å². The van der Waals surface area contributed by atoms with Gasteiger partial charge in [0.1, 0.15) is 0 Å². The molecule has 0 N–H and O–H groups in total. The molecule has 0 fully saturated rings. The Labute approximate surface area is 104 Å². The Bertz CT molecular complexity index is 258. The Morgan fingerprint density at radius 1 is 1.12 bits per heavy atom. The number of hydrogen-bond acceptors (Lipinski definition) is 4. The number of carbonyl (C=O) groups excluding carboxylic acids is 2. The molecule has 0 aliphatic carbocycles. The molecule has 1 unspecified atom stereocenters. The fourth-order valence-corrected chi connectivity index (χ4v) is 1.46. The Hall–Kier alpha value is -1.06. The molecule has 0 aliphatic heterocycles. The molecular formula is C13H24O4. The van der Waals surface area contributed by atoms with Gasteiger partial charge in [0.15, 0.2) is 0 Å². The van der Waals surface area contributed by atoms with Crippen LogP contribution in [0.25, 0.3) is 0 Å². The predicted octanol–water partition coefficient (Wildman–Crippen LogP) is 2.56. The van der Waals surface area contributed by atoms with E-state index >= 15 is 0 Å². The molecule has 0 heterocycles. The van der Waals surface area contributed by atoms with Gasteiger partial charge >= 0.3 is 11.9 Å². The Morgan fingerprint density at radius 2 is 1.65 bits per heavy atom. The lowest BCUT2D eigenvalue weighted by molar-refractivity contribution is -0.153. The first-order chi connectivity index (χ1) is 7.85. The second kappa shape index (κ2) is 7.30. The van der Waals surface area contributed by atoms with E-state index in [2.05, 4.69) is 0 Å². The van der Waals surface area contributed by atoms with E-state index in [4.69, 9.17) is 9.47 Å². The minimum atomic E-state index is -0.265. The summed E-state index contributed by atoms with van der Waals surface area (Å²) in [6.45, 7) is 10.1. The van der Waals surface area contributed by atoms with Gasteiger partial charge in [-0.15, -0.1) is 0 Å². The van der Waals surface area contributed by atoms with Gasteiger partial charge in [-0.2, -0.15) is 0 Å². The summed E-state index contributed by atoms with van der Waals surface area (Å²) in [7, 11) is 0. The van der Waals surface area contributed by atoms with Gasteiger partial charge in [0.2, 0.25) is 0 Å². The van der Waals surface area contributed by atoms with Crippen LogP contribution in [0.3, 0.4) is 0 Å². The summed E-state index contributed by atoms with van der Waals surface area (Å²) in [4.78, 5) is 22.9. The molecule has 0 spiro atoms. The van der Waals surface area contributed by atoms with Crippen molar-refractivity contribution < 1.29 is 19.1 Å². The number of ether oxygens (including phenoxy) is 2. The number of rotatable bonds is 7. The molecule has 0 aromatic carbocycles. The van der Waals surface area contributed by atoms with Gasteiger partial charge in [-0.25, -0.2) is 0 Å². The lowest BCUT2D eigenvalue weighted by atomic mass is 9.76. The minimum Gasteiger partial charge on any atom is -0.466 e. The third kappa shape index (κ3) is 5.71. The van der Waals surface area contributed by atoms with Crippen LogP contribution in [0.2, 0.25) is 0 Å². The Balaban J connectivity index is 4.26. The highest BCUT2D eigenvalue weighted by Gasteiger charge is 2.32. The molecule has 1 atom stereocenters. The van der Waals surface area contributed by atoms with Crippen LogP contribution in [0.1, 0.15) is 47.5 Å². The average molecular weight is 244 g/mol. The van der Waals surface area contributed by atoms with Gasteiger partial charge < -0.3 is 9.47 Å². The van der Waals surface area contributed by atoms with E-state index in [1.165, 1.54) is 0 Å². The third-order valence-electron chi connectivity index (χ3n) is 3.09. The zero-order valence-corrected chi connectivity index (χ0v) is 11.5. The summed E-state index contributed by atoms with van der Waals surface area (Å²) < 4.78 is 9.86. The van der Waals surface area contributed by atoms with Gasteiger partial charge in [-0.3, -0.25) is 9.59 Å². The predicted molar refractivity (Wildman–Crippen MR) is 65.4 cm³/mol. The van der Waals surface area contributed by atoms with Gasteiger partial charge in [-0.05, 0) is 25.7 Å². The second-order valence-corrected chi connectivity index (χ2v) is 4.77. The largest absolute Gasteiger partial charge is 0.466 e. The summed E-state index contributed by atoms with van der Waals surface area (Å²) in [5.41, 5.74) is -0.265. The fraction of sp³-hybridized carbons (Fsp3) is 0.846. The first-order valence-corrected chi connectivity index (χ1v) is 6.17. The molecule has 17 heavy (non-hydrogen) atoms. The summed E-state index contributed by atoms with van der Waals surface area (Å²) in [6, 6.07) is 0. The first kappa shape index (κ1) is 15.9. The van der Waals surface area contributed by atoms with Gasteiger partial charge in [0, 0.05) is 6.42 Å². The maximum Gasteiger partial charge on any atom is 0.309 e. The average Bonchev–Trinajstić information content (AvgIpc) is 2.26. The molecule has 4 heteroatoms. The van der Waals surface area contributed by atoms with Crippen molar-refractivity contribution in [3.63, 3.8) is 0 Å². The molecule has 0 saturated carbocycles. The van der Waals surface area contributed by atoms with Gasteiger partial charge in [0.05, 0.1) is 19.1 Å². The summed E-state index contributed by atoms with van der Waals surface area (Å²) in [6.07, 6.45) is 0.955. The lowest BCUT2D eigenvalue weighted by Gasteiger charge is -2.29. The minimum absolute atomic E-state index is 0.207.